The van der Waals surface area contributed by atoms with Crippen LogP contribution in [0, 0.1) is 0 Å². The molecule has 0 radical (unpaired) electrons. The second kappa shape index (κ2) is 5.97. The van der Waals surface area contributed by atoms with E-state index in [-0.39, 0.29) is 11.8 Å². The van der Waals surface area contributed by atoms with Crippen molar-refractivity contribution in [3.05, 3.63) is 18.2 Å². The van der Waals surface area contributed by atoms with Crippen LogP contribution in [0.3, 0.4) is 0 Å². The third-order valence-electron chi connectivity index (χ3n) is 3.92. The van der Waals surface area contributed by atoms with Gasteiger partial charge in [0.1, 0.15) is 0 Å². The molecule has 1 aromatic rings. The van der Waals surface area contributed by atoms with E-state index in [1.54, 1.807) is 18.7 Å². The monoisotopic (exact) mass is 305 g/mol. The van der Waals surface area contributed by atoms with Gasteiger partial charge in [-0.15, -0.1) is 11.8 Å². The van der Waals surface area contributed by atoms with Gasteiger partial charge < -0.3 is 15.5 Å². The Kier molecular flexibility index (Phi) is 4.05. The van der Waals surface area contributed by atoms with Gasteiger partial charge in [0.2, 0.25) is 11.8 Å². The van der Waals surface area contributed by atoms with Gasteiger partial charge in [-0.25, -0.2) is 0 Å². The van der Waals surface area contributed by atoms with E-state index in [1.165, 1.54) is 0 Å². The fourth-order valence-electron chi connectivity index (χ4n) is 2.75. The van der Waals surface area contributed by atoms with Gasteiger partial charge in [-0.3, -0.25) is 9.59 Å². The summed E-state index contributed by atoms with van der Waals surface area (Å²) in [4.78, 5) is 25.8. The standard InChI is InChI=1S/C15H19N3O2S/c1-10(19)18-6-4-11(5-7-18)16-12-2-3-14-13(8-12)17-15(20)9-21-14/h2-3,8,11,16H,4-7,9H2,1H3,(H,17,20). The van der Waals surface area contributed by atoms with Crippen molar-refractivity contribution in [2.75, 3.05) is 29.5 Å². The van der Waals surface area contributed by atoms with E-state index in [2.05, 4.69) is 16.7 Å². The third kappa shape index (κ3) is 3.32. The minimum Gasteiger partial charge on any atom is -0.382 e. The predicted molar refractivity (Wildman–Crippen MR) is 84.7 cm³/mol. The molecule has 0 bridgehead atoms. The van der Waals surface area contributed by atoms with Crippen molar-refractivity contribution in [2.24, 2.45) is 0 Å². The van der Waals surface area contributed by atoms with Gasteiger partial charge >= 0.3 is 0 Å². The summed E-state index contributed by atoms with van der Waals surface area (Å²) < 4.78 is 0. The van der Waals surface area contributed by atoms with Crippen molar-refractivity contribution in [2.45, 2.75) is 30.7 Å². The molecule has 1 saturated heterocycles. The normalized spacial score (nSPS) is 18.9. The lowest BCUT2D eigenvalue weighted by molar-refractivity contribution is -0.129. The van der Waals surface area contributed by atoms with E-state index in [1.807, 2.05) is 17.0 Å². The number of piperidine rings is 1. The first kappa shape index (κ1) is 14.3. The first-order valence-electron chi connectivity index (χ1n) is 7.20. The van der Waals surface area contributed by atoms with Gasteiger partial charge in [-0.05, 0) is 31.0 Å². The fourth-order valence-corrected chi connectivity index (χ4v) is 3.54. The number of likely N-dealkylation sites (tertiary alicyclic amines) is 1. The van der Waals surface area contributed by atoms with Gasteiger partial charge in [0.25, 0.3) is 0 Å². The largest absolute Gasteiger partial charge is 0.382 e. The van der Waals surface area contributed by atoms with Gasteiger partial charge in [0.05, 0.1) is 11.4 Å². The summed E-state index contributed by atoms with van der Waals surface area (Å²) in [6.07, 6.45) is 1.91. The molecule has 3 rings (SSSR count). The number of anilines is 2. The van der Waals surface area contributed by atoms with Gasteiger partial charge in [-0.1, -0.05) is 0 Å². The van der Waals surface area contributed by atoms with Crippen LogP contribution in [0.15, 0.2) is 23.1 Å². The molecule has 2 heterocycles. The number of carbonyl (C=O) groups is 2. The fraction of sp³-hybridized carbons (Fsp3) is 0.467. The molecule has 0 atom stereocenters. The number of nitrogens with zero attached hydrogens (tertiary/aromatic N) is 1. The minimum atomic E-state index is 0.0550. The topological polar surface area (TPSA) is 61.4 Å². The second-order valence-corrected chi connectivity index (χ2v) is 6.49. The van der Waals surface area contributed by atoms with Crippen LogP contribution in [0.25, 0.3) is 0 Å². The average Bonchev–Trinajstić information content (AvgIpc) is 2.47. The molecule has 0 unspecified atom stereocenters. The number of hydrogen-bond acceptors (Lipinski definition) is 4. The number of rotatable bonds is 2. The number of benzene rings is 1. The van der Waals surface area contributed by atoms with Crippen LogP contribution in [-0.2, 0) is 9.59 Å². The van der Waals surface area contributed by atoms with E-state index in [9.17, 15) is 9.59 Å². The molecular formula is C15H19N3O2S. The van der Waals surface area contributed by atoms with Gasteiger partial charge in [0, 0.05) is 36.6 Å². The zero-order valence-electron chi connectivity index (χ0n) is 12.0. The first-order chi connectivity index (χ1) is 10.1. The number of thioether (sulfide) groups is 1. The molecule has 0 aliphatic carbocycles. The smallest absolute Gasteiger partial charge is 0.234 e. The summed E-state index contributed by atoms with van der Waals surface area (Å²) >= 11 is 1.57. The Bertz CT molecular complexity index is 568. The molecule has 5 nitrogen and oxygen atoms in total. The Morgan fingerprint density at radius 2 is 2.14 bits per heavy atom. The number of nitrogens with one attached hydrogen (secondary N) is 2. The molecule has 0 saturated carbocycles. The van der Waals surface area contributed by atoms with Crippen LogP contribution < -0.4 is 10.6 Å². The third-order valence-corrected chi connectivity index (χ3v) is 5.00. The second-order valence-electron chi connectivity index (χ2n) is 5.47. The van der Waals surface area contributed by atoms with Crippen molar-refractivity contribution in [3.8, 4) is 0 Å². The quantitative estimate of drug-likeness (QED) is 0.879. The minimum absolute atomic E-state index is 0.0550. The number of carbonyl (C=O) groups excluding carboxylic acids is 2. The molecule has 0 spiro atoms. The van der Waals surface area contributed by atoms with E-state index < -0.39 is 0 Å². The Hall–Kier alpha value is -1.69. The van der Waals surface area contributed by atoms with E-state index in [0.29, 0.717) is 11.8 Å². The molecule has 2 aliphatic heterocycles. The van der Waals surface area contributed by atoms with Crippen LogP contribution in [0.5, 0.6) is 0 Å². The van der Waals surface area contributed by atoms with E-state index >= 15 is 0 Å². The van der Waals surface area contributed by atoms with E-state index in [4.69, 9.17) is 0 Å². The number of hydrogen-bond donors (Lipinski definition) is 2. The highest BCUT2D eigenvalue weighted by Crippen LogP contribution is 2.33. The molecule has 0 aromatic heterocycles. The molecule has 1 aromatic carbocycles. The van der Waals surface area contributed by atoms with Gasteiger partial charge in [-0.2, -0.15) is 0 Å². The first-order valence-corrected chi connectivity index (χ1v) is 8.19. The predicted octanol–water partition coefficient (Wildman–Crippen LogP) is 2.15. The molecule has 2 aliphatic rings. The van der Waals surface area contributed by atoms with Crippen LogP contribution in [0.1, 0.15) is 19.8 Å². The van der Waals surface area contributed by atoms with Crippen LogP contribution in [0.2, 0.25) is 0 Å². The highest BCUT2D eigenvalue weighted by molar-refractivity contribution is 8.00. The SMILES string of the molecule is CC(=O)N1CCC(Nc2ccc3c(c2)NC(=O)CS3)CC1. The lowest BCUT2D eigenvalue weighted by Gasteiger charge is -2.32. The van der Waals surface area contributed by atoms with Crippen LogP contribution >= 0.6 is 11.8 Å². The molecule has 2 amide bonds. The summed E-state index contributed by atoms with van der Waals surface area (Å²) in [6, 6.07) is 6.48. The molecule has 21 heavy (non-hydrogen) atoms. The Labute approximate surface area is 128 Å². The molecule has 6 heteroatoms. The maximum atomic E-state index is 11.4. The Morgan fingerprint density at radius 3 is 2.86 bits per heavy atom. The summed E-state index contributed by atoms with van der Waals surface area (Å²) in [5.74, 6) is 0.699. The Balaban J connectivity index is 1.62. The zero-order valence-corrected chi connectivity index (χ0v) is 12.8. The highest BCUT2D eigenvalue weighted by atomic mass is 32.2. The summed E-state index contributed by atoms with van der Waals surface area (Å²) in [7, 11) is 0. The lowest BCUT2D eigenvalue weighted by Crippen LogP contribution is -2.41. The van der Waals surface area contributed by atoms with Crippen molar-refractivity contribution in [3.63, 3.8) is 0 Å². The van der Waals surface area contributed by atoms with Crippen molar-refractivity contribution >= 4 is 35.0 Å². The molecular weight excluding hydrogens is 286 g/mol. The summed E-state index contributed by atoms with van der Waals surface area (Å²) in [5, 5.41) is 6.41. The Morgan fingerprint density at radius 1 is 1.38 bits per heavy atom. The molecule has 112 valence electrons. The van der Waals surface area contributed by atoms with Crippen molar-refractivity contribution in [1.82, 2.24) is 4.90 Å². The highest BCUT2D eigenvalue weighted by Gasteiger charge is 2.21. The maximum absolute atomic E-state index is 11.4. The maximum Gasteiger partial charge on any atom is 0.234 e. The average molecular weight is 305 g/mol. The van der Waals surface area contributed by atoms with Crippen LogP contribution in [0.4, 0.5) is 11.4 Å². The van der Waals surface area contributed by atoms with E-state index in [0.717, 1.165) is 42.2 Å². The van der Waals surface area contributed by atoms with Crippen molar-refractivity contribution < 1.29 is 9.59 Å². The summed E-state index contributed by atoms with van der Waals surface area (Å²) in [5.41, 5.74) is 1.92. The molecule has 2 N–H and O–H groups in total. The number of fused-ring (bicyclic) bond motifs is 1. The molecule has 1 fully saturated rings. The summed E-state index contributed by atoms with van der Waals surface area (Å²) in [6.45, 7) is 3.24. The van der Waals surface area contributed by atoms with Crippen LogP contribution in [-0.4, -0.2) is 41.6 Å². The van der Waals surface area contributed by atoms with Crippen molar-refractivity contribution in [1.29, 1.82) is 0 Å². The zero-order chi connectivity index (χ0) is 14.8. The number of amides is 2. The van der Waals surface area contributed by atoms with Gasteiger partial charge in [0.15, 0.2) is 0 Å². The lowest BCUT2D eigenvalue weighted by atomic mass is 10.0.